The molecule has 0 aromatic carbocycles. The molecule has 0 radical (unpaired) electrons. The van der Waals surface area contributed by atoms with Gasteiger partial charge >= 0.3 is 0 Å². The van der Waals surface area contributed by atoms with Gasteiger partial charge in [-0.15, -0.1) is 11.8 Å². The summed E-state index contributed by atoms with van der Waals surface area (Å²) in [5.41, 5.74) is 10.6. The number of primary amides is 2. The monoisotopic (exact) mass is 540 g/mol. The zero-order valence-electron chi connectivity index (χ0n) is 21.0. The largest absolute Gasteiger partial charge is 0.368 e. The molecule has 0 aromatic heterocycles. The van der Waals surface area contributed by atoms with Gasteiger partial charge in [0.15, 0.2) is 0 Å². The van der Waals surface area contributed by atoms with Crippen LogP contribution in [-0.4, -0.2) is 82.4 Å². The van der Waals surface area contributed by atoms with E-state index in [2.05, 4.69) is 16.0 Å². The highest BCUT2D eigenvalue weighted by molar-refractivity contribution is 8.00. The number of hydrogen-bond acceptors (Lipinski definition) is 8. The molecule has 1 saturated carbocycles. The minimum absolute atomic E-state index is 0.0531. The van der Waals surface area contributed by atoms with E-state index in [4.69, 9.17) is 11.5 Å². The zero-order valence-corrected chi connectivity index (χ0v) is 21.8. The van der Waals surface area contributed by atoms with Gasteiger partial charge in [-0.25, -0.2) is 0 Å². The van der Waals surface area contributed by atoms with Gasteiger partial charge in [-0.3, -0.25) is 38.5 Å². The number of rotatable bonds is 16. The number of hydrogen-bond donors (Lipinski definition) is 5. The molecule has 2 rings (SSSR count). The van der Waals surface area contributed by atoms with Crippen LogP contribution in [0.25, 0.3) is 0 Å². The highest BCUT2D eigenvalue weighted by atomic mass is 32.2. The molecular weight excluding hydrogens is 504 g/mol. The van der Waals surface area contributed by atoms with E-state index in [1.54, 1.807) is 0 Å². The lowest BCUT2D eigenvalue weighted by Crippen LogP contribution is -2.49. The molecule has 13 nitrogen and oxygen atoms in total. The van der Waals surface area contributed by atoms with Crippen molar-refractivity contribution in [1.29, 1.82) is 0 Å². The Morgan fingerprint density at radius 2 is 1.70 bits per heavy atom. The molecule has 206 valence electrons. The van der Waals surface area contributed by atoms with Gasteiger partial charge in [-0.1, -0.05) is 6.42 Å². The summed E-state index contributed by atoms with van der Waals surface area (Å²) in [7, 11) is 0. The van der Waals surface area contributed by atoms with Crippen LogP contribution in [0.3, 0.4) is 0 Å². The first-order valence-corrected chi connectivity index (χ1v) is 13.4. The number of nitrogens with two attached hydrogens (primary N) is 2. The molecule has 37 heavy (non-hydrogen) atoms. The first-order valence-electron chi connectivity index (χ1n) is 12.4. The van der Waals surface area contributed by atoms with Crippen molar-refractivity contribution in [2.75, 3.05) is 18.8 Å². The van der Waals surface area contributed by atoms with E-state index >= 15 is 0 Å². The maximum atomic E-state index is 12.7. The molecule has 3 unspecified atom stereocenters. The molecular formula is C23H36N6O7S. The van der Waals surface area contributed by atoms with Crippen molar-refractivity contribution in [3.05, 3.63) is 0 Å². The fourth-order valence-corrected chi connectivity index (χ4v) is 5.12. The van der Waals surface area contributed by atoms with Gasteiger partial charge < -0.3 is 27.4 Å². The smallest absolute Gasteiger partial charge is 0.242 e. The van der Waals surface area contributed by atoms with Crippen LogP contribution in [0.4, 0.5) is 0 Å². The predicted molar refractivity (Wildman–Crippen MR) is 134 cm³/mol. The summed E-state index contributed by atoms with van der Waals surface area (Å²) in [4.78, 5) is 84.4. The third kappa shape index (κ3) is 9.67. The molecule has 7 amide bonds. The normalized spacial score (nSPS) is 19.1. The van der Waals surface area contributed by atoms with Crippen molar-refractivity contribution < 1.29 is 33.6 Å². The Morgan fingerprint density at radius 1 is 1.03 bits per heavy atom. The Bertz CT molecular complexity index is 910. The van der Waals surface area contributed by atoms with Crippen LogP contribution in [0.2, 0.25) is 0 Å². The lowest BCUT2D eigenvalue weighted by molar-refractivity contribution is -0.138. The maximum absolute atomic E-state index is 12.7. The molecule has 2 aliphatic rings. The number of carbonyl (C=O) groups excluding carboxylic acids is 7. The summed E-state index contributed by atoms with van der Waals surface area (Å²) in [5.74, 6) is -3.12. The van der Waals surface area contributed by atoms with Crippen LogP contribution < -0.4 is 27.4 Å². The Kier molecular flexibility index (Phi) is 11.8. The van der Waals surface area contributed by atoms with Gasteiger partial charge in [0, 0.05) is 44.5 Å². The molecule has 0 bridgehead atoms. The van der Waals surface area contributed by atoms with Crippen molar-refractivity contribution in [2.45, 2.75) is 75.6 Å². The van der Waals surface area contributed by atoms with Gasteiger partial charge in [-0.2, -0.15) is 0 Å². The Morgan fingerprint density at radius 3 is 2.27 bits per heavy atom. The number of carbonyl (C=O) groups is 7. The van der Waals surface area contributed by atoms with Gasteiger partial charge in [0.25, 0.3) is 0 Å². The van der Waals surface area contributed by atoms with Crippen molar-refractivity contribution >= 4 is 53.1 Å². The Labute approximate surface area is 219 Å². The van der Waals surface area contributed by atoms with Gasteiger partial charge in [0.2, 0.25) is 41.4 Å². The number of imide groups is 1. The van der Waals surface area contributed by atoms with Gasteiger partial charge in [-0.05, 0) is 32.1 Å². The maximum Gasteiger partial charge on any atom is 0.242 e. The quantitative estimate of drug-likeness (QED) is 0.112. The molecule has 1 aliphatic heterocycles. The third-order valence-electron chi connectivity index (χ3n) is 6.33. The first kappa shape index (κ1) is 30.1. The number of thioether (sulfide) groups is 1. The summed E-state index contributed by atoms with van der Waals surface area (Å²) in [6.45, 7) is 1.55. The van der Waals surface area contributed by atoms with Crippen LogP contribution in [-0.2, 0) is 33.6 Å². The lowest BCUT2D eigenvalue weighted by Gasteiger charge is -2.26. The Hall–Kier alpha value is -3.16. The molecule has 0 spiro atoms. The van der Waals surface area contributed by atoms with Crippen LogP contribution in [0, 0.1) is 5.92 Å². The average Bonchev–Trinajstić information content (AvgIpc) is 3.04. The molecule has 3 atom stereocenters. The fraction of sp³-hybridized carbons (Fsp3) is 0.696. The van der Waals surface area contributed by atoms with Crippen molar-refractivity contribution in [1.82, 2.24) is 20.9 Å². The second-order valence-electron chi connectivity index (χ2n) is 9.25. The fourth-order valence-electron chi connectivity index (χ4n) is 3.92. The molecule has 1 heterocycles. The van der Waals surface area contributed by atoms with E-state index in [1.165, 1.54) is 6.92 Å². The molecule has 2 fully saturated rings. The minimum atomic E-state index is -0.933. The second kappa shape index (κ2) is 14.5. The zero-order chi connectivity index (χ0) is 27.5. The van der Waals surface area contributed by atoms with Gasteiger partial charge in [0.1, 0.15) is 12.1 Å². The number of amides is 7. The molecule has 0 aromatic rings. The van der Waals surface area contributed by atoms with E-state index in [-0.39, 0.29) is 48.8 Å². The molecule has 1 saturated heterocycles. The number of likely N-dealkylation sites (tertiary alicyclic amines) is 1. The summed E-state index contributed by atoms with van der Waals surface area (Å²) < 4.78 is 0. The SMILES string of the molecule is CC(=O)NC(CCCCNC(=O)CCN1C(=O)CC(SCC(NC(=O)C2CCC2)C(N)=O)C1=O)C(N)=O. The van der Waals surface area contributed by atoms with Crippen LogP contribution in [0.5, 0.6) is 0 Å². The number of unbranched alkanes of at least 4 members (excludes halogenated alkanes) is 1. The standard InChI is InChI=1S/C23H36N6O7S/c1-13(30)27-15(20(24)33)7-2-3-9-26-18(31)8-10-29-19(32)11-17(23(29)36)37-12-16(21(25)34)28-22(35)14-5-4-6-14/h14-17H,2-12H2,1H3,(H2,24,33)(H2,25,34)(H,26,31)(H,27,30)(H,28,35). The average molecular weight is 541 g/mol. The highest BCUT2D eigenvalue weighted by Gasteiger charge is 2.39. The van der Waals surface area contributed by atoms with E-state index < -0.39 is 41.0 Å². The second-order valence-corrected chi connectivity index (χ2v) is 10.5. The van der Waals surface area contributed by atoms with Crippen molar-refractivity contribution in [3.63, 3.8) is 0 Å². The first-order chi connectivity index (χ1) is 17.5. The lowest BCUT2D eigenvalue weighted by atomic mass is 9.84. The van der Waals surface area contributed by atoms with E-state index in [0.717, 1.165) is 35.9 Å². The molecule has 1 aliphatic carbocycles. The van der Waals surface area contributed by atoms with Crippen molar-refractivity contribution in [2.24, 2.45) is 17.4 Å². The number of nitrogens with zero attached hydrogens (tertiary/aromatic N) is 1. The predicted octanol–water partition coefficient (Wildman–Crippen LogP) is -1.72. The third-order valence-corrected chi connectivity index (χ3v) is 7.62. The van der Waals surface area contributed by atoms with Crippen molar-refractivity contribution in [3.8, 4) is 0 Å². The summed E-state index contributed by atoms with van der Waals surface area (Å²) in [6.07, 6.45) is 3.85. The summed E-state index contributed by atoms with van der Waals surface area (Å²) in [5, 5.41) is 7.08. The van der Waals surface area contributed by atoms with Crippen LogP contribution in [0.1, 0.15) is 58.3 Å². The topological polar surface area (TPSA) is 211 Å². The minimum Gasteiger partial charge on any atom is -0.368 e. The van der Waals surface area contributed by atoms with Crippen LogP contribution >= 0.6 is 11.8 Å². The summed E-state index contributed by atoms with van der Waals surface area (Å²) in [6, 6.07) is -1.69. The highest BCUT2D eigenvalue weighted by Crippen LogP contribution is 2.28. The van der Waals surface area contributed by atoms with E-state index in [1.807, 2.05) is 0 Å². The Balaban J connectivity index is 1.69. The van der Waals surface area contributed by atoms with Crippen LogP contribution in [0.15, 0.2) is 0 Å². The van der Waals surface area contributed by atoms with Gasteiger partial charge in [0.05, 0.1) is 5.25 Å². The summed E-state index contributed by atoms with van der Waals surface area (Å²) >= 11 is 1.09. The van der Waals surface area contributed by atoms with E-state index in [9.17, 15) is 33.6 Å². The number of nitrogens with one attached hydrogen (secondary N) is 3. The molecule has 14 heteroatoms. The van der Waals surface area contributed by atoms with E-state index in [0.29, 0.717) is 25.8 Å². The molecule has 7 N–H and O–H groups in total.